The number of anilines is 1. The summed E-state index contributed by atoms with van der Waals surface area (Å²) in [6, 6.07) is 16.8. The van der Waals surface area contributed by atoms with Gasteiger partial charge in [0.05, 0.1) is 27.2 Å². The normalized spacial score (nSPS) is 12.4. The SMILES string of the molecule is CCn1c(C)nc2cc(NS(=O)(=O)c3ccccc3)cc(C(=O)N[C@@H](C)Cc3ccccn3)c21. The molecular weight excluding hydrogens is 450 g/mol. The van der Waals surface area contributed by atoms with Crippen LogP contribution in [0, 0.1) is 6.92 Å². The first-order chi connectivity index (χ1) is 16.3. The van der Waals surface area contributed by atoms with Gasteiger partial charge in [-0.25, -0.2) is 13.4 Å². The molecule has 0 saturated heterocycles. The Morgan fingerprint density at radius 3 is 2.50 bits per heavy atom. The van der Waals surface area contributed by atoms with E-state index < -0.39 is 10.0 Å². The fourth-order valence-corrected chi connectivity index (χ4v) is 5.06. The second-order valence-electron chi connectivity index (χ2n) is 8.11. The zero-order valence-electron chi connectivity index (χ0n) is 19.3. The molecule has 0 unspecified atom stereocenters. The fraction of sp³-hybridized carbons (Fsp3) is 0.240. The summed E-state index contributed by atoms with van der Waals surface area (Å²) in [6.45, 7) is 6.38. The van der Waals surface area contributed by atoms with Crippen molar-refractivity contribution in [2.75, 3.05) is 4.72 Å². The number of amides is 1. The standard InChI is InChI=1S/C25H27N5O3S/c1-4-30-18(3)28-23-16-20(29-34(32,33)21-11-6-5-7-12-21)15-22(24(23)30)25(31)27-17(2)14-19-10-8-9-13-26-19/h5-13,15-17,29H,4,14H2,1-3H3,(H,27,31)/t17-/m0/s1. The molecule has 176 valence electrons. The molecule has 0 radical (unpaired) electrons. The molecule has 9 heteroatoms. The van der Waals surface area contributed by atoms with Crippen molar-refractivity contribution in [2.24, 2.45) is 0 Å². The van der Waals surface area contributed by atoms with Crippen LogP contribution >= 0.6 is 0 Å². The third-order valence-corrected chi connectivity index (χ3v) is 6.92. The van der Waals surface area contributed by atoms with E-state index in [9.17, 15) is 13.2 Å². The second kappa shape index (κ2) is 9.64. The molecule has 1 atom stereocenters. The highest BCUT2D eigenvalue weighted by molar-refractivity contribution is 7.92. The number of carbonyl (C=O) groups is 1. The van der Waals surface area contributed by atoms with E-state index in [1.165, 1.54) is 12.1 Å². The highest BCUT2D eigenvalue weighted by atomic mass is 32.2. The van der Waals surface area contributed by atoms with Gasteiger partial charge in [0.25, 0.3) is 15.9 Å². The molecule has 8 nitrogen and oxygen atoms in total. The van der Waals surface area contributed by atoms with Gasteiger partial charge in [0.1, 0.15) is 5.82 Å². The number of hydrogen-bond donors (Lipinski definition) is 2. The van der Waals surface area contributed by atoms with Crippen molar-refractivity contribution in [3.05, 3.63) is 83.9 Å². The van der Waals surface area contributed by atoms with Crippen LogP contribution in [0.2, 0.25) is 0 Å². The van der Waals surface area contributed by atoms with E-state index in [4.69, 9.17) is 0 Å². The van der Waals surface area contributed by atoms with Crippen molar-refractivity contribution in [3.63, 3.8) is 0 Å². The third kappa shape index (κ3) is 4.94. The Hall–Kier alpha value is -3.72. The molecule has 0 fully saturated rings. The second-order valence-corrected chi connectivity index (χ2v) is 9.80. The number of imidazole rings is 1. The van der Waals surface area contributed by atoms with Crippen LogP contribution in [0.1, 0.15) is 35.7 Å². The number of sulfonamides is 1. The van der Waals surface area contributed by atoms with Gasteiger partial charge in [0.2, 0.25) is 0 Å². The Morgan fingerprint density at radius 1 is 1.09 bits per heavy atom. The molecule has 1 amide bonds. The number of nitrogens with one attached hydrogen (secondary N) is 2. The molecule has 0 spiro atoms. The van der Waals surface area contributed by atoms with Crippen molar-refractivity contribution in [1.82, 2.24) is 19.9 Å². The topological polar surface area (TPSA) is 106 Å². The number of rotatable bonds is 8. The molecular formula is C25H27N5O3S. The average Bonchev–Trinajstić information content (AvgIpc) is 3.14. The van der Waals surface area contributed by atoms with E-state index in [2.05, 4.69) is 20.0 Å². The summed E-state index contributed by atoms with van der Waals surface area (Å²) >= 11 is 0. The number of carbonyl (C=O) groups excluding carboxylic acids is 1. The lowest BCUT2D eigenvalue weighted by Gasteiger charge is -2.16. The maximum atomic E-state index is 13.4. The number of hydrogen-bond acceptors (Lipinski definition) is 5. The van der Waals surface area contributed by atoms with Crippen LogP contribution < -0.4 is 10.0 Å². The first-order valence-corrected chi connectivity index (χ1v) is 12.6. The summed E-state index contributed by atoms with van der Waals surface area (Å²) in [5, 5.41) is 3.02. The summed E-state index contributed by atoms with van der Waals surface area (Å²) in [6.07, 6.45) is 2.29. The van der Waals surface area contributed by atoms with Gasteiger partial charge in [-0.1, -0.05) is 24.3 Å². The highest BCUT2D eigenvalue weighted by Crippen LogP contribution is 2.27. The molecule has 0 saturated carbocycles. The lowest BCUT2D eigenvalue weighted by Crippen LogP contribution is -2.34. The van der Waals surface area contributed by atoms with Gasteiger partial charge in [0, 0.05) is 30.9 Å². The van der Waals surface area contributed by atoms with Crippen LogP contribution in [0.25, 0.3) is 11.0 Å². The molecule has 2 heterocycles. The van der Waals surface area contributed by atoms with Crippen molar-refractivity contribution < 1.29 is 13.2 Å². The van der Waals surface area contributed by atoms with Crippen LogP contribution in [-0.2, 0) is 23.0 Å². The Balaban J connectivity index is 1.70. The quantitative estimate of drug-likeness (QED) is 0.400. The van der Waals surface area contributed by atoms with E-state index in [-0.39, 0.29) is 22.5 Å². The number of fused-ring (bicyclic) bond motifs is 1. The van der Waals surface area contributed by atoms with Crippen LogP contribution in [-0.4, -0.2) is 34.9 Å². The zero-order chi connectivity index (χ0) is 24.3. The van der Waals surface area contributed by atoms with Gasteiger partial charge in [0.15, 0.2) is 0 Å². The van der Waals surface area contributed by atoms with Gasteiger partial charge in [-0.05, 0) is 57.2 Å². The summed E-state index contributed by atoms with van der Waals surface area (Å²) in [5.74, 6) is 0.444. The molecule has 2 N–H and O–H groups in total. The number of aryl methyl sites for hydroxylation is 2. The van der Waals surface area contributed by atoms with Gasteiger partial charge in [-0.2, -0.15) is 0 Å². The number of benzene rings is 2. The van der Waals surface area contributed by atoms with E-state index in [1.807, 2.05) is 43.5 Å². The predicted octanol–water partition coefficient (Wildman–Crippen LogP) is 3.92. The molecule has 0 aliphatic heterocycles. The van der Waals surface area contributed by atoms with Crippen LogP contribution in [0.5, 0.6) is 0 Å². The van der Waals surface area contributed by atoms with E-state index in [1.54, 1.807) is 36.5 Å². The van der Waals surface area contributed by atoms with E-state index in [0.717, 1.165) is 11.5 Å². The van der Waals surface area contributed by atoms with Crippen LogP contribution in [0.4, 0.5) is 5.69 Å². The maximum Gasteiger partial charge on any atom is 0.261 e. The van der Waals surface area contributed by atoms with Gasteiger partial charge in [-0.3, -0.25) is 14.5 Å². The minimum absolute atomic E-state index is 0.139. The average molecular weight is 478 g/mol. The molecule has 2 aromatic carbocycles. The largest absolute Gasteiger partial charge is 0.349 e. The van der Waals surface area contributed by atoms with Crippen molar-refractivity contribution >= 4 is 32.7 Å². The molecule has 34 heavy (non-hydrogen) atoms. The summed E-state index contributed by atoms with van der Waals surface area (Å²) in [5.41, 5.74) is 2.73. The maximum absolute atomic E-state index is 13.4. The van der Waals surface area contributed by atoms with Crippen LogP contribution in [0.3, 0.4) is 0 Å². The summed E-state index contributed by atoms with van der Waals surface area (Å²) < 4.78 is 30.3. The van der Waals surface area contributed by atoms with Crippen molar-refractivity contribution in [2.45, 2.75) is 44.7 Å². The molecule has 4 aromatic rings. The molecule has 0 aliphatic carbocycles. The fourth-order valence-electron chi connectivity index (χ4n) is 4.00. The number of aromatic nitrogens is 3. The van der Waals surface area contributed by atoms with E-state index in [0.29, 0.717) is 29.6 Å². The molecule has 2 aromatic heterocycles. The van der Waals surface area contributed by atoms with Gasteiger partial charge < -0.3 is 9.88 Å². The Bertz CT molecular complexity index is 1420. The van der Waals surface area contributed by atoms with Gasteiger partial charge in [-0.15, -0.1) is 0 Å². The molecule has 4 rings (SSSR count). The lowest BCUT2D eigenvalue weighted by molar-refractivity contribution is 0.0941. The third-order valence-electron chi connectivity index (χ3n) is 5.52. The zero-order valence-corrected chi connectivity index (χ0v) is 20.1. The molecule has 0 aliphatic rings. The van der Waals surface area contributed by atoms with Crippen molar-refractivity contribution in [3.8, 4) is 0 Å². The summed E-state index contributed by atoms with van der Waals surface area (Å²) in [4.78, 5) is 22.4. The van der Waals surface area contributed by atoms with Crippen LogP contribution in [0.15, 0.2) is 71.8 Å². The number of nitrogens with zero attached hydrogens (tertiary/aromatic N) is 3. The minimum Gasteiger partial charge on any atom is -0.349 e. The van der Waals surface area contributed by atoms with Crippen molar-refractivity contribution in [1.29, 1.82) is 0 Å². The predicted molar refractivity (Wildman–Crippen MR) is 132 cm³/mol. The first-order valence-electron chi connectivity index (χ1n) is 11.1. The number of pyridine rings is 1. The lowest BCUT2D eigenvalue weighted by atomic mass is 10.1. The minimum atomic E-state index is -3.82. The Morgan fingerprint density at radius 2 is 1.82 bits per heavy atom. The first kappa shape index (κ1) is 23.4. The Labute approximate surface area is 199 Å². The smallest absolute Gasteiger partial charge is 0.261 e. The highest BCUT2D eigenvalue weighted by Gasteiger charge is 2.22. The summed E-state index contributed by atoms with van der Waals surface area (Å²) in [7, 11) is -3.82. The monoisotopic (exact) mass is 477 g/mol. The molecule has 0 bridgehead atoms. The van der Waals surface area contributed by atoms with E-state index >= 15 is 0 Å². The Kier molecular flexibility index (Phi) is 6.65. The van der Waals surface area contributed by atoms with Gasteiger partial charge >= 0.3 is 0 Å².